The van der Waals surface area contributed by atoms with Gasteiger partial charge in [0.25, 0.3) is 0 Å². The molecule has 2 N–H and O–H groups in total. The van der Waals surface area contributed by atoms with Gasteiger partial charge in [-0.3, -0.25) is 9.59 Å². The number of amides is 2. The van der Waals surface area contributed by atoms with Crippen LogP contribution in [0.4, 0.5) is 5.82 Å². The maximum absolute atomic E-state index is 11.8. The third-order valence-electron chi connectivity index (χ3n) is 2.92. The molecular formula is C13H22N4O3. The molecule has 112 valence electrons. The van der Waals surface area contributed by atoms with E-state index in [1.54, 1.807) is 20.0 Å². The van der Waals surface area contributed by atoms with Crippen LogP contribution >= 0.6 is 0 Å². The Morgan fingerprint density at radius 1 is 1.50 bits per heavy atom. The van der Waals surface area contributed by atoms with Gasteiger partial charge in [-0.1, -0.05) is 12.1 Å². The van der Waals surface area contributed by atoms with Gasteiger partial charge in [0.15, 0.2) is 5.82 Å². The van der Waals surface area contributed by atoms with Gasteiger partial charge < -0.3 is 20.1 Å². The summed E-state index contributed by atoms with van der Waals surface area (Å²) in [4.78, 5) is 24.9. The molecule has 0 aliphatic carbocycles. The fraction of sp³-hybridized carbons (Fsp3) is 0.615. The van der Waals surface area contributed by atoms with Gasteiger partial charge in [-0.2, -0.15) is 0 Å². The first kappa shape index (κ1) is 16.2. The number of anilines is 1. The molecule has 1 atom stereocenters. The molecule has 20 heavy (non-hydrogen) atoms. The molecule has 0 aromatic carbocycles. The molecule has 7 nitrogen and oxygen atoms in total. The van der Waals surface area contributed by atoms with Gasteiger partial charge in [0.2, 0.25) is 11.8 Å². The highest BCUT2D eigenvalue weighted by Crippen LogP contribution is 2.06. The quantitative estimate of drug-likeness (QED) is 0.771. The Hall–Kier alpha value is -1.89. The maximum Gasteiger partial charge on any atom is 0.245 e. The first-order valence-electron chi connectivity index (χ1n) is 6.62. The van der Waals surface area contributed by atoms with E-state index in [1.165, 1.54) is 4.90 Å². The summed E-state index contributed by atoms with van der Waals surface area (Å²) in [5.41, 5.74) is 0. The van der Waals surface area contributed by atoms with Crippen molar-refractivity contribution in [2.24, 2.45) is 0 Å². The third-order valence-corrected chi connectivity index (χ3v) is 2.92. The van der Waals surface area contributed by atoms with Crippen LogP contribution in [0.2, 0.25) is 0 Å². The van der Waals surface area contributed by atoms with Crippen LogP contribution < -0.4 is 10.6 Å². The molecule has 1 aromatic heterocycles. The Morgan fingerprint density at radius 2 is 2.20 bits per heavy atom. The topological polar surface area (TPSA) is 87.5 Å². The Bertz CT molecular complexity index is 458. The van der Waals surface area contributed by atoms with Crippen molar-refractivity contribution < 1.29 is 14.1 Å². The number of carbonyl (C=O) groups is 2. The molecule has 0 radical (unpaired) electrons. The van der Waals surface area contributed by atoms with Crippen molar-refractivity contribution in [3.8, 4) is 0 Å². The highest BCUT2D eigenvalue weighted by Gasteiger charge is 2.14. The Kier molecular flexibility index (Phi) is 6.17. The van der Waals surface area contributed by atoms with E-state index < -0.39 is 0 Å². The van der Waals surface area contributed by atoms with Gasteiger partial charge in [0.1, 0.15) is 5.76 Å². The average Bonchev–Trinajstić information content (AvgIpc) is 2.80. The number of likely N-dealkylation sites (N-methyl/N-ethyl adjacent to an activating group) is 1. The number of hydrogen-bond donors (Lipinski definition) is 2. The molecule has 0 spiro atoms. The van der Waals surface area contributed by atoms with Crippen molar-refractivity contribution in [2.75, 3.05) is 25.5 Å². The van der Waals surface area contributed by atoms with E-state index in [0.29, 0.717) is 11.6 Å². The van der Waals surface area contributed by atoms with Crippen molar-refractivity contribution in [2.45, 2.75) is 33.2 Å². The lowest BCUT2D eigenvalue weighted by Gasteiger charge is -2.18. The fourth-order valence-electron chi connectivity index (χ4n) is 1.45. The van der Waals surface area contributed by atoms with E-state index in [4.69, 9.17) is 4.52 Å². The summed E-state index contributed by atoms with van der Waals surface area (Å²) in [7, 11) is 1.59. The van der Waals surface area contributed by atoms with Crippen molar-refractivity contribution in [3.63, 3.8) is 0 Å². The molecule has 1 unspecified atom stereocenters. The van der Waals surface area contributed by atoms with Crippen LogP contribution in [-0.4, -0.2) is 48.0 Å². The minimum absolute atomic E-state index is 0.0209. The lowest BCUT2D eigenvalue weighted by molar-refractivity contribution is -0.132. The summed E-state index contributed by atoms with van der Waals surface area (Å²) in [5, 5.41) is 9.31. The molecule has 1 heterocycles. The first-order valence-corrected chi connectivity index (χ1v) is 6.62. The molecule has 0 saturated heterocycles. The normalized spacial score (nSPS) is 12.0. The van der Waals surface area contributed by atoms with Gasteiger partial charge in [-0.25, -0.2) is 0 Å². The third kappa shape index (κ3) is 5.40. The smallest absolute Gasteiger partial charge is 0.245 e. The van der Waals surface area contributed by atoms with Crippen molar-refractivity contribution in [1.29, 1.82) is 0 Å². The monoisotopic (exact) mass is 282 g/mol. The van der Waals surface area contributed by atoms with Crippen molar-refractivity contribution in [1.82, 2.24) is 15.4 Å². The molecular weight excluding hydrogens is 260 g/mol. The zero-order valence-electron chi connectivity index (χ0n) is 12.4. The number of aromatic nitrogens is 1. The molecule has 0 aliphatic rings. The van der Waals surface area contributed by atoms with E-state index in [0.717, 1.165) is 6.42 Å². The molecule has 0 saturated carbocycles. The van der Waals surface area contributed by atoms with Crippen LogP contribution in [0.15, 0.2) is 10.6 Å². The molecule has 1 rings (SSSR count). The van der Waals surface area contributed by atoms with Crippen LogP contribution in [0.1, 0.15) is 26.0 Å². The van der Waals surface area contributed by atoms with Gasteiger partial charge in [0, 0.05) is 19.2 Å². The number of carbonyl (C=O) groups excluding carboxylic acids is 2. The van der Waals surface area contributed by atoms with Gasteiger partial charge >= 0.3 is 0 Å². The summed E-state index contributed by atoms with van der Waals surface area (Å²) in [6.07, 6.45) is 0.947. The largest absolute Gasteiger partial charge is 0.360 e. The Labute approximate surface area is 118 Å². The summed E-state index contributed by atoms with van der Waals surface area (Å²) >= 11 is 0. The predicted octanol–water partition coefficient (Wildman–Crippen LogP) is 0.768. The second kappa shape index (κ2) is 7.64. The fourth-order valence-corrected chi connectivity index (χ4v) is 1.45. The number of rotatable bonds is 7. The van der Waals surface area contributed by atoms with Crippen LogP contribution in [0, 0.1) is 6.92 Å². The van der Waals surface area contributed by atoms with Crippen LogP contribution in [0.25, 0.3) is 0 Å². The van der Waals surface area contributed by atoms with Crippen molar-refractivity contribution in [3.05, 3.63) is 11.8 Å². The van der Waals surface area contributed by atoms with Crippen LogP contribution in [0.3, 0.4) is 0 Å². The second-order valence-corrected chi connectivity index (χ2v) is 4.81. The molecule has 0 bridgehead atoms. The number of nitrogens with one attached hydrogen (secondary N) is 2. The number of aryl methyl sites for hydroxylation is 1. The summed E-state index contributed by atoms with van der Waals surface area (Å²) in [6.45, 7) is 5.99. The second-order valence-electron chi connectivity index (χ2n) is 4.81. The van der Waals surface area contributed by atoms with Crippen molar-refractivity contribution >= 4 is 17.6 Å². The minimum Gasteiger partial charge on any atom is -0.360 e. The number of nitrogens with zero attached hydrogens (tertiary/aromatic N) is 2. The molecule has 7 heteroatoms. The maximum atomic E-state index is 11.8. The van der Waals surface area contributed by atoms with E-state index >= 15 is 0 Å². The molecule has 2 amide bonds. The van der Waals surface area contributed by atoms with E-state index in [1.807, 2.05) is 13.8 Å². The highest BCUT2D eigenvalue weighted by atomic mass is 16.5. The highest BCUT2D eigenvalue weighted by molar-refractivity contribution is 5.93. The standard InChI is InChI=1S/C13H22N4O3/c1-5-9(2)14-7-13(19)17(4)8-12(18)15-11-6-10(3)20-16-11/h6,9,14H,5,7-8H2,1-4H3,(H,15,16,18). The molecule has 1 aromatic rings. The van der Waals surface area contributed by atoms with Gasteiger partial charge in [0.05, 0.1) is 13.1 Å². The van der Waals surface area contributed by atoms with Gasteiger partial charge in [-0.15, -0.1) is 0 Å². The average molecular weight is 282 g/mol. The Balaban J connectivity index is 2.35. The minimum atomic E-state index is -0.308. The molecule has 0 fully saturated rings. The van der Waals surface area contributed by atoms with Crippen LogP contribution in [0.5, 0.6) is 0 Å². The zero-order chi connectivity index (χ0) is 15.1. The van der Waals surface area contributed by atoms with E-state index in [9.17, 15) is 9.59 Å². The lowest BCUT2D eigenvalue weighted by Crippen LogP contribution is -2.42. The van der Waals surface area contributed by atoms with Gasteiger partial charge in [-0.05, 0) is 20.3 Å². The van der Waals surface area contributed by atoms with Crippen LogP contribution in [-0.2, 0) is 9.59 Å². The zero-order valence-corrected chi connectivity index (χ0v) is 12.4. The number of hydrogen-bond acceptors (Lipinski definition) is 5. The molecule has 0 aliphatic heterocycles. The lowest BCUT2D eigenvalue weighted by atomic mass is 10.2. The summed E-state index contributed by atoms with van der Waals surface area (Å²) in [5.74, 6) is 0.531. The van der Waals surface area contributed by atoms with E-state index in [2.05, 4.69) is 15.8 Å². The summed E-state index contributed by atoms with van der Waals surface area (Å²) in [6, 6.07) is 1.89. The predicted molar refractivity (Wildman–Crippen MR) is 75.3 cm³/mol. The summed E-state index contributed by atoms with van der Waals surface area (Å²) < 4.78 is 4.84. The van der Waals surface area contributed by atoms with E-state index in [-0.39, 0.29) is 30.9 Å². The SMILES string of the molecule is CCC(C)NCC(=O)N(C)CC(=O)Nc1cc(C)on1. The Morgan fingerprint density at radius 3 is 2.75 bits per heavy atom. The first-order chi connectivity index (χ1) is 9.42.